The number of rotatable bonds is 0. The van der Waals surface area contributed by atoms with Gasteiger partial charge in [0.2, 0.25) is 5.69 Å². The number of hydrogen-bond acceptors (Lipinski definition) is 4. The van der Waals surface area contributed by atoms with E-state index in [0.717, 1.165) is 0 Å². The molecule has 0 bridgehead atoms. The number of aromatic amines is 1. The van der Waals surface area contributed by atoms with Crippen molar-refractivity contribution in [1.82, 2.24) is 19.6 Å². The van der Waals surface area contributed by atoms with Gasteiger partial charge in [-0.2, -0.15) is 10.2 Å². The predicted octanol–water partition coefficient (Wildman–Crippen LogP) is 1.10. The van der Waals surface area contributed by atoms with Gasteiger partial charge in [0.05, 0.1) is 11.0 Å². The second kappa shape index (κ2) is 3.30. The second-order valence-electron chi connectivity index (χ2n) is 3.39. The third kappa shape index (κ3) is 1.37. The Morgan fingerprint density at radius 1 is 1.41 bits per heavy atom. The van der Waals surface area contributed by atoms with Gasteiger partial charge in [0, 0.05) is 5.02 Å². The Morgan fingerprint density at radius 2 is 2.24 bits per heavy atom. The largest absolute Gasteiger partial charge is 0.299 e. The van der Waals surface area contributed by atoms with E-state index < -0.39 is 5.56 Å². The molecule has 2 heterocycles. The fraction of sp³-hybridized carbons (Fsp3) is 0. The number of nitrogens with zero attached hydrogens (tertiary/aromatic N) is 4. The second-order valence-corrected chi connectivity index (χ2v) is 3.83. The summed E-state index contributed by atoms with van der Waals surface area (Å²) in [6, 6.07) is 6.79. The maximum Gasteiger partial charge on any atom is 0.299 e. The van der Waals surface area contributed by atoms with E-state index in [1.807, 2.05) is 0 Å². The third-order valence-corrected chi connectivity index (χ3v) is 2.58. The molecule has 0 amide bonds. The highest BCUT2D eigenvalue weighted by Crippen LogP contribution is 2.18. The normalized spacial score (nSPS) is 10.8. The van der Waals surface area contributed by atoms with Gasteiger partial charge >= 0.3 is 0 Å². The van der Waals surface area contributed by atoms with Crippen LogP contribution in [0.15, 0.2) is 23.0 Å². The fourth-order valence-electron chi connectivity index (χ4n) is 1.60. The molecule has 1 aromatic carbocycles. The Balaban J connectivity index is 2.54. The number of benzene rings is 1. The maximum absolute atomic E-state index is 11.5. The van der Waals surface area contributed by atoms with Crippen molar-refractivity contribution in [3.63, 3.8) is 0 Å². The molecule has 0 aliphatic carbocycles. The molecule has 17 heavy (non-hydrogen) atoms. The van der Waals surface area contributed by atoms with E-state index in [1.54, 1.807) is 24.3 Å². The molecule has 82 valence electrons. The highest BCUT2D eigenvalue weighted by molar-refractivity contribution is 6.31. The van der Waals surface area contributed by atoms with Gasteiger partial charge in [-0.25, -0.2) is 9.50 Å². The molecule has 0 atom stereocenters. The zero-order valence-corrected chi connectivity index (χ0v) is 9.06. The van der Waals surface area contributed by atoms with Crippen LogP contribution in [0.4, 0.5) is 0 Å². The molecule has 3 aromatic rings. The van der Waals surface area contributed by atoms with Crippen LogP contribution in [-0.2, 0) is 0 Å². The topological polar surface area (TPSA) is 86.8 Å². The summed E-state index contributed by atoms with van der Waals surface area (Å²) in [6.07, 6.45) is 0. The highest BCUT2D eigenvalue weighted by atomic mass is 35.5. The van der Waals surface area contributed by atoms with Crippen LogP contribution in [0.3, 0.4) is 0 Å². The van der Waals surface area contributed by atoms with E-state index in [-0.39, 0.29) is 11.5 Å². The number of nitriles is 1. The summed E-state index contributed by atoms with van der Waals surface area (Å²) in [4.78, 5) is 19.5. The SMILES string of the molecule is N#Cc1nc2nc3ccc(Cl)cc3n2[nH]c1=O. The van der Waals surface area contributed by atoms with Crippen LogP contribution in [0.1, 0.15) is 5.69 Å². The Morgan fingerprint density at radius 3 is 3.00 bits per heavy atom. The van der Waals surface area contributed by atoms with Gasteiger partial charge in [-0.1, -0.05) is 11.6 Å². The van der Waals surface area contributed by atoms with Crippen molar-refractivity contribution in [3.05, 3.63) is 39.3 Å². The zero-order chi connectivity index (χ0) is 12.0. The number of fused-ring (bicyclic) bond motifs is 3. The average molecular weight is 246 g/mol. The van der Waals surface area contributed by atoms with Crippen molar-refractivity contribution in [3.8, 4) is 6.07 Å². The molecule has 0 saturated heterocycles. The van der Waals surface area contributed by atoms with Gasteiger partial charge in [-0.05, 0) is 18.2 Å². The van der Waals surface area contributed by atoms with Crippen LogP contribution in [0.25, 0.3) is 16.8 Å². The summed E-state index contributed by atoms with van der Waals surface area (Å²) >= 11 is 5.87. The zero-order valence-electron chi connectivity index (χ0n) is 8.31. The summed E-state index contributed by atoms with van der Waals surface area (Å²) in [6.45, 7) is 0. The van der Waals surface area contributed by atoms with Crippen LogP contribution < -0.4 is 5.56 Å². The first-order chi connectivity index (χ1) is 8.19. The van der Waals surface area contributed by atoms with Crippen LogP contribution in [-0.4, -0.2) is 19.6 Å². The molecule has 0 radical (unpaired) electrons. The number of hydrogen-bond donors (Lipinski definition) is 1. The quantitative estimate of drug-likeness (QED) is 0.642. The summed E-state index contributed by atoms with van der Waals surface area (Å²) in [7, 11) is 0. The van der Waals surface area contributed by atoms with Gasteiger partial charge in [-0.3, -0.25) is 9.89 Å². The first kappa shape index (κ1) is 9.81. The predicted molar refractivity (Wildman–Crippen MR) is 60.8 cm³/mol. The lowest BCUT2D eigenvalue weighted by molar-refractivity contribution is 0.885. The molecule has 6 nitrogen and oxygen atoms in total. The van der Waals surface area contributed by atoms with Gasteiger partial charge in [0.15, 0.2) is 0 Å². The number of H-pyrrole nitrogens is 1. The van der Waals surface area contributed by atoms with E-state index in [1.165, 1.54) is 4.52 Å². The van der Waals surface area contributed by atoms with Crippen LogP contribution in [0, 0.1) is 11.3 Å². The Bertz CT molecular complexity index is 841. The molecule has 3 rings (SSSR count). The maximum atomic E-state index is 11.5. The summed E-state index contributed by atoms with van der Waals surface area (Å²) < 4.78 is 1.41. The van der Waals surface area contributed by atoms with Crippen molar-refractivity contribution < 1.29 is 0 Å². The molecule has 7 heteroatoms. The minimum absolute atomic E-state index is 0.209. The van der Waals surface area contributed by atoms with E-state index in [0.29, 0.717) is 16.1 Å². The van der Waals surface area contributed by atoms with E-state index in [9.17, 15) is 4.79 Å². The highest BCUT2D eigenvalue weighted by Gasteiger charge is 2.09. The van der Waals surface area contributed by atoms with Crippen LogP contribution in [0.2, 0.25) is 5.02 Å². The lowest BCUT2D eigenvalue weighted by Crippen LogP contribution is -2.16. The van der Waals surface area contributed by atoms with Crippen LogP contribution >= 0.6 is 11.6 Å². The summed E-state index contributed by atoms with van der Waals surface area (Å²) in [5.41, 5.74) is 0.521. The average Bonchev–Trinajstić information content (AvgIpc) is 2.65. The first-order valence-electron chi connectivity index (χ1n) is 4.67. The molecular weight excluding hydrogens is 242 g/mol. The molecule has 2 aromatic heterocycles. The summed E-state index contributed by atoms with van der Waals surface area (Å²) in [5, 5.41) is 11.8. The molecule has 0 aliphatic heterocycles. The Kier molecular flexibility index (Phi) is 1.90. The van der Waals surface area contributed by atoms with Crippen molar-refractivity contribution in [2.45, 2.75) is 0 Å². The molecule has 0 spiro atoms. The van der Waals surface area contributed by atoms with Gasteiger partial charge in [0.1, 0.15) is 6.07 Å². The Labute approximate surface area is 99.1 Å². The monoisotopic (exact) mass is 245 g/mol. The van der Waals surface area contributed by atoms with Crippen molar-refractivity contribution in [2.75, 3.05) is 0 Å². The van der Waals surface area contributed by atoms with Crippen molar-refractivity contribution in [2.24, 2.45) is 0 Å². The number of aromatic nitrogens is 4. The molecule has 0 aliphatic rings. The fourth-order valence-corrected chi connectivity index (χ4v) is 1.77. The molecule has 0 unspecified atom stereocenters. The van der Waals surface area contributed by atoms with Crippen molar-refractivity contribution in [1.29, 1.82) is 5.26 Å². The molecule has 1 N–H and O–H groups in total. The third-order valence-electron chi connectivity index (χ3n) is 2.34. The number of halogens is 1. The smallest absolute Gasteiger partial charge is 0.265 e. The van der Waals surface area contributed by atoms with Gasteiger partial charge in [0.25, 0.3) is 11.3 Å². The van der Waals surface area contributed by atoms with E-state index in [2.05, 4.69) is 15.1 Å². The Hall–Kier alpha value is -2.39. The molecule has 0 saturated carbocycles. The standard InChI is InChI=1S/C10H4ClN5O/c11-5-1-2-6-8(3-5)16-10(13-6)14-7(4-12)9(17)15-16/h1-3H,(H,15,17). The summed E-state index contributed by atoms with van der Waals surface area (Å²) in [5.74, 6) is 0.262. The van der Waals surface area contributed by atoms with E-state index >= 15 is 0 Å². The van der Waals surface area contributed by atoms with E-state index in [4.69, 9.17) is 16.9 Å². The minimum atomic E-state index is -0.556. The van der Waals surface area contributed by atoms with Crippen LogP contribution in [0.5, 0.6) is 0 Å². The molecule has 0 fully saturated rings. The minimum Gasteiger partial charge on any atom is -0.265 e. The van der Waals surface area contributed by atoms with Gasteiger partial charge < -0.3 is 0 Å². The lowest BCUT2D eigenvalue weighted by atomic mass is 10.3. The number of nitrogens with one attached hydrogen (secondary N) is 1. The number of imidazole rings is 1. The first-order valence-corrected chi connectivity index (χ1v) is 5.05. The van der Waals surface area contributed by atoms with Crippen molar-refractivity contribution >= 4 is 28.4 Å². The molecular formula is C10H4ClN5O. The lowest BCUT2D eigenvalue weighted by Gasteiger charge is -1.95. The van der Waals surface area contributed by atoms with Gasteiger partial charge in [-0.15, -0.1) is 0 Å².